The Hall–Kier alpha value is -3.93. The molecule has 1 heterocycles. The first kappa shape index (κ1) is 20.8. The predicted molar refractivity (Wildman–Crippen MR) is 103 cm³/mol. The lowest BCUT2D eigenvalue weighted by Crippen LogP contribution is -2.44. The van der Waals surface area contributed by atoms with Crippen LogP contribution in [0, 0.1) is 23.1 Å². The summed E-state index contributed by atoms with van der Waals surface area (Å²) in [6, 6.07) is 10.2. The molecule has 2 aromatic rings. The average Bonchev–Trinajstić information content (AvgIpc) is 3.16. The number of hydrogen-bond donors (Lipinski definition) is 2. The number of carboxylic acids is 1. The second-order valence-electron chi connectivity index (χ2n) is 6.74. The summed E-state index contributed by atoms with van der Waals surface area (Å²) in [7, 11) is 1.19. The minimum absolute atomic E-state index is 0.135. The van der Waals surface area contributed by atoms with Crippen LogP contribution in [-0.2, 0) is 14.3 Å². The van der Waals surface area contributed by atoms with Crippen LogP contribution < -0.4 is 5.32 Å². The van der Waals surface area contributed by atoms with Crippen molar-refractivity contribution in [3.63, 3.8) is 0 Å². The highest BCUT2D eigenvalue weighted by Crippen LogP contribution is 2.42. The molecule has 0 aliphatic carbocycles. The number of urea groups is 1. The molecule has 30 heavy (non-hydrogen) atoms. The van der Waals surface area contributed by atoms with Gasteiger partial charge in [-0.05, 0) is 48.4 Å². The lowest BCUT2D eigenvalue weighted by atomic mass is 9.92. The first-order valence-corrected chi connectivity index (χ1v) is 9.01. The number of benzene rings is 2. The summed E-state index contributed by atoms with van der Waals surface area (Å²) in [4.78, 5) is 38.4. The number of nitriles is 1. The quantitative estimate of drug-likeness (QED) is 0.747. The number of carboxylic acid groups (broad SMARTS) is 1. The molecule has 0 spiro atoms. The molecule has 154 valence electrons. The van der Waals surface area contributed by atoms with Crippen LogP contribution in [0.25, 0.3) is 0 Å². The van der Waals surface area contributed by atoms with E-state index in [1.807, 2.05) is 6.07 Å². The molecule has 8 nitrogen and oxygen atoms in total. The number of anilines is 1. The maximum Gasteiger partial charge on any atom is 0.326 e. The summed E-state index contributed by atoms with van der Waals surface area (Å²) < 4.78 is 18.0. The zero-order valence-corrected chi connectivity index (χ0v) is 15.9. The van der Waals surface area contributed by atoms with Gasteiger partial charge in [-0.25, -0.2) is 14.0 Å². The van der Waals surface area contributed by atoms with Crippen LogP contribution >= 0.6 is 0 Å². The van der Waals surface area contributed by atoms with Gasteiger partial charge in [0.15, 0.2) is 0 Å². The molecule has 0 radical (unpaired) electrons. The van der Waals surface area contributed by atoms with Gasteiger partial charge in [0.2, 0.25) is 0 Å². The van der Waals surface area contributed by atoms with E-state index >= 15 is 0 Å². The fourth-order valence-corrected chi connectivity index (χ4v) is 3.60. The molecule has 1 fully saturated rings. The Morgan fingerprint density at radius 1 is 1.17 bits per heavy atom. The minimum atomic E-state index is -1.28. The van der Waals surface area contributed by atoms with E-state index in [4.69, 9.17) is 10.00 Å². The van der Waals surface area contributed by atoms with Crippen LogP contribution in [0.5, 0.6) is 0 Å². The second kappa shape index (κ2) is 8.61. The monoisotopic (exact) mass is 411 g/mol. The SMILES string of the molecule is COC(=O)C1CC(C(=O)O)N(C(=O)Nc2ccc(F)cc2)C1c1ccc(C#N)cc1. The molecule has 2 amide bonds. The minimum Gasteiger partial charge on any atom is -0.480 e. The molecule has 1 saturated heterocycles. The number of nitrogens with zero attached hydrogens (tertiary/aromatic N) is 2. The molecular formula is C21H18FN3O5. The van der Waals surface area contributed by atoms with E-state index in [2.05, 4.69) is 5.32 Å². The van der Waals surface area contributed by atoms with Crippen LogP contribution in [0.4, 0.5) is 14.9 Å². The Kier molecular flexibility index (Phi) is 5.97. The van der Waals surface area contributed by atoms with Gasteiger partial charge in [0.05, 0.1) is 30.7 Å². The Morgan fingerprint density at radius 3 is 2.33 bits per heavy atom. The zero-order valence-electron chi connectivity index (χ0n) is 15.9. The smallest absolute Gasteiger partial charge is 0.326 e. The number of ether oxygens (including phenoxy) is 1. The lowest BCUT2D eigenvalue weighted by molar-refractivity contribution is -0.146. The van der Waals surface area contributed by atoms with Crippen molar-refractivity contribution >= 4 is 23.7 Å². The molecule has 9 heteroatoms. The van der Waals surface area contributed by atoms with Crippen molar-refractivity contribution in [3.05, 3.63) is 65.5 Å². The fraction of sp³-hybridized carbons (Fsp3) is 0.238. The number of esters is 1. The van der Waals surface area contributed by atoms with Gasteiger partial charge in [0, 0.05) is 5.69 Å². The van der Waals surface area contributed by atoms with Gasteiger partial charge in [-0.3, -0.25) is 4.79 Å². The second-order valence-corrected chi connectivity index (χ2v) is 6.74. The van der Waals surface area contributed by atoms with Gasteiger partial charge in [-0.15, -0.1) is 0 Å². The van der Waals surface area contributed by atoms with Crippen LogP contribution in [0.2, 0.25) is 0 Å². The summed E-state index contributed by atoms with van der Waals surface area (Å²) in [5, 5.41) is 21.2. The van der Waals surface area contributed by atoms with Gasteiger partial charge >= 0.3 is 18.0 Å². The number of halogens is 1. The maximum atomic E-state index is 13.1. The number of methoxy groups -OCH3 is 1. The van der Waals surface area contributed by atoms with E-state index in [9.17, 15) is 23.9 Å². The molecule has 2 aromatic carbocycles. The molecule has 0 saturated carbocycles. The number of likely N-dealkylation sites (tertiary alicyclic amines) is 1. The van der Waals surface area contributed by atoms with Crippen LogP contribution in [0.3, 0.4) is 0 Å². The average molecular weight is 411 g/mol. The maximum absolute atomic E-state index is 13.1. The van der Waals surface area contributed by atoms with Gasteiger partial charge in [0.25, 0.3) is 0 Å². The third-order valence-corrected chi connectivity index (χ3v) is 4.99. The van der Waals surface area contributed by atoms with Crippen molar-refractivity contribution in [3.8, 4) is 6.07 Å². The molecule has 3 atom stereocenters. The molecule has 3 rings (SSSR count). The Balaban J connectivity index is 2.01. The Bertz CT molecular complexity index is 1000. The number of aliphatic carboxylic acids is 1. The highest BCUT2D eigenvalue weighted by Gasteiger charge is 2.51. The van der Waals surface area contributed by atoms with Crippen molar-refractivity contribution in [2.75, 3.05) is 12.4 Å². The summed E-state index contributed by atoms with van der Waals surface area (Å²) >= 11 is 0. The van der Waals surface area contributed by atoms with Crippen molar-refractivity contribution in [1.82, 2.24) is 4.90 Å². The van der Waals surface area contributed by atoms with Crippen molar-refractivity contribution in [1.29, 1.82) is 5.26 Å². The normalized spacial score (nSPS) is 20.3. The van der Waals surface area contributed by atoms with E-state index < -0.39 is 41.8 Å². The van der Waals surface area contributed by atoms with E-state index in [0.717, 1.165) is 17.0 Å². The molecule has 1 aliphatic heterocycles. The summed E-state index contributed by atoms with van der Waals surface area (Å²) in [5.41, 5.74) is 1.14. The number of rotatable bonds is 4. The summed E-state index contributed by atoms with van der Waals surface area (Å²) in [6.45, 7) is 0. The van der Waals surface area contributed by atoms with E-state index in [0.29, 0.717) is 11.1 Å². The van der Waals surface area contributed by atoms with Crippen molar-refractivity contribution in [2.45, 2.75) is 18.5 Å². The van der Waals surface area contributed by atoms with Crippen molar-refractivity contribution < 1.29 is 28.6 Å². The van der Waals surface area contributed by atoms with Crippen molar-refractivity contribution in [2.24, 2.45) is 5.92 Å². The number of nitrogens with one attached hydrogen (secondary N) is 1. The van der Waals surface area contributed by atoms with E-state index in [-0.39, 0.29) is 12.1 Å². The molecule has 2 N–H and O–H groups in total. The first-order valence-electron chi connectivity index (χ1n) is 9.01. The van der Waals surface area contributed by atoms with Gasteiger partial charge in [-0.1, -0.05) is 12.1 Å². The fourth-order valence-electron chi connectivity index (χ4n) is 3.60. The van der Waals surface area contributed by atoms with Gasteiger partial charge in [-0.2, -0.15) is 5.26 Å². The largest absolute Gasteiger partial charge is 0.480 e. The topological polar surface area (TPSA) is 120 Å². The Morgan fingerprint density at radius 2 is 1.80 bits per heavy atom. The Labute approximate surface area is 171 Å². The predicted octanol–water partition coefficient (Wildman–Crippen LogP) is 2.92. The summed E-state index contributed by atoms with van der Waals surface area (Å²) in [5.74, 6) is -3.32. The summed E-state index contributed by atoms with van der Waals surface area (Å²) in [6.07, 6.45) is -0.135. The van der Waals surface area contributed by atoms with Crippen LogP contribution in [0.15, 0.2) is 48.5 Å². The van der Waals surface area contributed by atoms with Gasteiger partial charge in [0.1, 0.15) is 11.9 Å². The molecule has 1 aliphatic rings. The number of amides is 2. The van der Waals surface area contributed by atoms with E-state index in [1.54, 1.807) is 12.1 Å². The third kappa shape index (κ3) is 4.07. The third-order valence-electron chi connectivity index (χ3n) is 4.99. The van der Waals surface area contributed by atoms with E-state index in [1.165, 1.54) is 31.4 Å². The lowest BCUT2D eigenvalue weighted by Gasteiger charge is -2.30. The number of carbonyl (C=O) groups is 3. The van der Waals surface area contributed by atoms with Crippen LogP contribution in [-0.4, -0.2) is 41.1 Å². The zero-order chi connectivity index (χ0) is 21.8. The molecule has 0 aromatic heterocycles. The highest BCUT2D eigenvalue weighted by molar-refractivity contribution is 5.94. The molecule has 0 bridgehead atoms. The van der Waals surface area contributed by atoms with Gasteiger partial charge < -0.3 is 20.1 Å². The molecule has 3 unspecified atom stereocenters. The first-order chi connectivity index (χ1) is 14.3. The standard InChI is InChI=1S/C21H18FN3O5/c1-30-20(28)16-10-17(19(26)27)25(18(16)13-4-2-12(11-23)3-5-13)21(29)24-15-8-6-14(22)7-9-15/h2-9,16-18H,10H2,1H3,(H,24,29)(H,26,27). The highest BCUT2D eigenvalue weighted by atomic mass is 19.1. The van der Waals surface area contributed by atoms with Crippen LogP contribution in [0.1, 0.15) is 23.6 Å². The molecular weight excluding hydrogens is 393 g/mol. The number of carbonyl (C=O) groups excluding carboxylic acids is 2. The number of hydrogen-bond acceptors (Lipinski definition) is 5.